The first-order valence-corrected chi connectivity index (χ1v) is 8.44. The number of nitrogens with zero attached hydrogens (tertiary/aromatic N) is 2. The molecule has 0 amide bonds. The van der Waals surface area contributed by atoms with E-state index in [4.69, 9.17) is 0 Å². The predicted molar refractivity (Wildman–Crippen MR) is 91.5 cm³/mol. The summed E-state index contributed by atoms with van der Waals surface area (Å²) in [4.78, 5) is 4.54. The van der Waals surface area contributed by atoms with Gasteiger partial charge in [0.2, 0.25) is 0 Å². The highest BCUT2D eigenvalue weighted by atomic mass is 79.9. The molecule has 0 aliphatic rings. The summed E-state index contributed by atoms with van der Waals surface area (Å²) in [5.41, 5.74) is 2.59. The van der Waals surface area contributed by atoms with Crippen LogP contribution in [-0.4, -0.2) is 16.1 Å². The lowest BCUT2D eigenvalue weighted by Crippen LogP contribution is -2.25. The average molecular weight is 350 g/mol. The molecule has 1 aromatic heterocycles. The number of halogens is 1. The van der Waals surface area contributed by atoms with Gasteiger partial charge in [0.25, 0.3) is 0 Å². The minimum absolute atomic E-state index is 0.280. The van der Waals surface area contributed by atoms with E-state index in [0.29, 0.717) is 0 Å². The van der Waals surface area contributed by atoms with E-state index in [1.165, 1.54) is 11.1 Å². The van der Waals surface area contributed by atoms with Crippen LogP contribution in [0.2, 0.25) is 0 Å². The van der Waals surface area contributed by atoms with Crippen molar-refractivity contribution >= 4 is 15.9 Å². The van der Waals surface area contributed by atoms with Gasteiger partial charge < -0.3 is 9.88 Å². The second-order valence-electron chi connectivity index (χ2n) is 5.38. The van der Waals surface area contributed by atoms with E-state index in [1.54, 1.807) is 0 Å². The quantitative estimate of drug-likeness (QED) is 0.809. The van der Waals surface area contributed by atoms with Crippen molar-refractivity contribution < 1.29 is 0 Å². The monoisotopic (exact) mass is 349 g/mol. The van der Waals surface area contributed by atoms with Crippen molar-refractivity contribution in [1.82, 2.24) is 14.9 Å². The number of hydrogen-bond donors (Lipinski definition) is 1. The normalized spacial score (nSPS) is 12.6. The lowest BCUT2D eigenvalue weighted by molar-refractivity contribution is 0.514. The maximum atomic E-state index is 4.54. The van der Waals surface area contributed by atoms with Crippen LogP contribution < -0.4 is 5.32 Å². The van der Waals surface area contributed by atoms with Gasteiger partial charge in [0.15, 0.2) is 0 Å². The van der Waals surface area contributed by atoms with Gasteiger partial charge in [-0.2, -0.15) is 0 Å². The van der Waals surface area contributed by atoms with Crippen molar-refractivity contribution in [3.05, 3.63) is 52.0 Å². The van der Waals surface area contributed by atoms with Gasteiger partial charge in [0.1, 0.15) is 5.82 Å². The molecule has 0 saturated heterocycles. The molecule has 114 valence electrons. The Morgan fingerprint density at radius 3 is 2.86 bits per heavy atom. The second kappa shape index (κ2) is 7.76. The summed E-state index contributed by atoms with van der Waals surface area (Å²) in [6.45, 7) is 8.46. The Kier molecular flexibility index (Phi) is 6.00. The third-order valence-electron chi connectivity index (χ3n) is 3.63. The molecule has 0 aliphatic carbocycles. The first-order valence-electron chi connectivity index (χ1n) is 7.65. The number of aryl methyl sites for hydroxylation is 2. The van der Waals surface area contributed by atoms with E-state index in [0.717, 1.165) is 36.2 Å². The van der Waals surface area contributed by atoms with Crippen molar-refractivity contribution in [3.8, 4) is 0 Å². The fraction of sp³-hybridized carbons (Fsp3) is 0.471. The number of rotatable bonds is 7. The molecule has 0 spiro atoms. The molecule has 1 N–H and O–H groups in total. The van der Waals surface area contributed by atoms with Crippen LogP contribution in [0.15, 0.2) is 35.1 Å². The molecule has 1 atom stereocenters. The first-order chi connectivity index (χ1) is 10.2. The zero-order chi connectivity index (χ0) is 15.2. The number of imidazole rings is 1. The largest absolute Gasteiger partial charge is 0.335 e. The van der Waals surface area contributed by atoms with Gasteiger partial charge in [0.05, 0.1) is 0 Å². The minimum Gasteiger partial charge on any atom is -0.335 e. The summed E-state index contributed by atoms with van der Waals surface area (Å²) in [7, 11) is 0. The van der Waals surface area contributed by atoms with E-state index < -0.39 is 0 Å². The third-order valence-corrected chi connectivity index (χ3v) is 4.35. The molecule has 2 rings (SSSR count). The number of benzene rings is 1. The maximum Gasteiger partial charge on any atom is 0.110 e. The standard InChI is InChI=1S/C17H24BrN3/c1-4-9-21-10-8-20-17(21)12-16(19-5-2)14-11-13(3)6-7-15(14)18/h6-8,10-11,16,19H,4-5,9,12H2,1-3H3. The summed E-state index contributed by atoms with van der Waals surface area (Å²) in [6, 6.07) is 6.80. The Hall–Kier alpha value is -1.13. The summed E-state index contributed by atoms with van der Waals surface area (Å²) < 4.78 is 3.42. The number of likely N-dealkylation sites (N-methyl/N-ethyl adjacent to an activating group) is 1. The molecule has 1 unspecified atom stereocenters. The second-order valence-corrected chi connectivity index (χ2v) is 6.23. The van der Waals surface area contributed by atoms with Crippen molar-refractivity contribution in [1.29, 1.82) is 0 Å². The van der Waals surface area contributed by atoms with Gasteiger partial charge in [-0.25, -0.2) is 4.98 Å². The Balaban J connectivity index is 2.26. The van der Waals surface area contributed by atoms with Crippen molar-refractivity contribution in [2.45, 2.75) is 46.2 Å². The fourth-order valence-electron chi connectivity index (χ4n) is 2.63. The molecule has 2 aromatic rings. The van der Waals surface area contributed by atoms with Gasteiger partial charge in [0, 0.05) is 35.9 Å². The van der Waals surface area contributed by atoms with Crippen molar-refractivity contribution in [3.63, 3.8) is 0 Å². The Bertz CT molecular complexity index is 577. The van der Waals surface area contributed by atoms with Crippen LogP contribution in [0.1, 0.15) is 43.3 Å². The minimum atomic E-state index is 0.280. The third kappa shape index (κ3) is 4.17. The van der Waals surface area contributed by atoms with E-state index in [9.17, 15) is 0 Å². The summed E-state index contributed by atoms with van der Waals surface area (Å²) in [5.74, 6) is 1.15. The van der Waals surface area contributed by atoms with Crippen molar-refractivity contribution in [2.24, 2.45) is 0 Å². The first kappa shape index (κ1) is 16.2. The molecule has 0 bridgehead atoms. The molecule has 0 radical (unpaired) electrons. The van der Waals surface area contributed by atoms with Gasteiger partial charge in [-0.15, -0.1) is 0 Å². The molecule has 4 heteroatoms. The molecule has 21 heavy (non-hydrogen) atoms. The van der Waals surface area contributed by atoms with Crippen LogP contribution in [0.25, 0.3) is 0 Å². The highest BCUT2D eigenvalue weighted by Gasteiger charge is 2.17. The lowest BCUT2D eigenvalue weighted by atomic mass is 10.0. The zero-order valence-corrected chi connectivity index (χ0v) is 14.7. The molecule has 1 aromatic carbocycles. The SMILES string of the molecule is CCCn1ccnc1CC(NCC)c1cc(C)ccc1Br. The van der Waals surface area contributed by atoms with Crippen molar-refractivity contribution in [2.75, 3.05) is 6.54 Å². The fourth-order valence-corrected chi connectivity index (χ4v) is 3.15. The number of nitrogens with one attached hydrogen (secondary N) is 1. The zero-order valence-electron chi connectivity index (χ0n) is 13.1. The molecular weight excluding hydrogens is 326 g/mol. The van der Waals surface area contributed by atoms with E-state index >= 15 is 0 Å². The maximum absolute atomic E-state index is 4.54. The molecule has 0 aliphatic heterocycles. The van der Waals surface area contributed by atoms with Gasteiger partial charge in [-0.1, -0.05) is 47.5 Å². The Morgan fingerprint density at radius 1 is 1.33 bits per heavy atom. The summed E-state index contributed by atoms with van der Waals surface area (Å²) in [6.07, 6.45) is 6.01. The summed E-state index contributed by atoms with van der Waals surface area (Å²) >= 11 is 3.69. The average Bonchev–Trinajstić information content (AvgIpc) is 2.89. The van der Waals surface area contributed by atoms with E-state index in [2.05, 4.69) is 76.0 Å². The summed E-state index contributed by atoms with van der Waals surface area (Å²) in [5, 5.41) is 3.59. The van der Waals surface area contributed by atoms with Crippen LogP contribution in [0.5, 0.6) is 0 Å². The van der Waals surface area contributed by atoms with Gasteiger partial charge in [-0.3, -0.25) is 0 Å². The number of hydrogen-bond acceptors (Lipinski definition) is 2. The topological polar surface area (TPSA) is 29.9 Å². The molecule has 1 heterocycles. The lowest BCUT2D eigenvalue weighted by Gasteiger charge is -2.20. The van der Waals surface area contributed by atoms with E-state index in [1.807, 2.05) is 6.20 Å². The molecule has 0 fully saturated rings. The van der Waals surface area contributed by atoms with Crippen LogP contribution in [0, 0.1) is 6.92 Å². The Morgan fingerprint density at radius 2 is 2.14 bits per heavy atom. The highest BCUT2D eigenvalue weighted by Crippen LogP contribution is 2.27. The highest BCUT2D eigenvalue weighted by molar-refractivity contribution is 9.10. The molecule has 3 nitrogen and oxygen atoms in total. The molecular formula is C17H24BrN3. The number of aromatic nitrogens is 2. The van der Waals surface area contributed by atoms with Gasteiger partial charge >= 0.3 is 0 Å². The van der Waals surface area contributed by atoms with Crippen LogP contribution >= 0.6 is 15.9 Å². The smallest absolute Gasteiger partial charge is 0.110 e. The van der Waals surface area contributed by atoms with E-state index in [-0.39, 0.29) is 6.04 Å². The van der Waals surface area contributed by atoms with Crippen LogP contribution in [0.4, 0.5) is 0 Å². The molecule has 0 saturated carbocycles. The predicted octanol–water partition coefficient (Wildman–Crippen LogP) is 4.26. The Labute approximate surface area is 135 Å². The van der Waals surface area contributed by atoms with Crippen LogP contribution in [0.3, 0.4) is 0 Å². The van der Waals surface area contributed by atoms with Gasteiger partial charge in [-0.05, 0) is 31.5 Å². The van der Waals surface area contributed by atoms with Crippen LogP contribution in [-0.2, 0) is 13.0 Å².